The van der Waals surface area contributed by atoms with Crippen molar-refractivity contribution >= 4 is 23.2 Å². The van der Waals surface area contributed by atoms with Gasteiger partial charge in [-0.2, -0.15) is 0 Å². The summed E-state index contributed by atoms with van der Waals surface area (Å²) >= 11 is 12.0. The van der Waals surface area contributed by atoms with E-state index in [1.54, 1.807) is 6.07 Å². The van der Waals surface area contributed by atoms with Gasteiger partial charge in [0.1, 0.15) is 11.5 Å². The number of rotatable bonds is 3. The third-order valence-electron chi connectivity index (χ3n) is 2.98. The molecule has 0 N–H and O–H groups in total. The summed E-state index contributed by atoms with van der Waals surface area (Å²) < 4.78 is 5.82. The molecule has 1 nitrogen and oxygen atoms in total. The van der Waals surface area contributed by atoms with E-state index in [4.69, 9.17) is 27.9 Å². The lowest BCUT2D eigenvalue weighted by Crippen LogP contribution is -1.85. The zero-order valence-corrected chi connectivity index (χ0v) is 12.5. The Labute approximate surface area is 133 Å². The lowest BCUT2D eigenvalue weighted by Gasteiger charge is -2.08. The highest BCUT2D eigenvalue weighted by Gasteiger charge is 2.04. The Hall–Kier alpha value is -1.96. The fraction of sp³-hybridized carbons (Fsp3) is 0. The van der Waals surface area contributed by atoms with Crippen LogP contribution in [0, 0.1) is 6.07 Å². The molecule has 0 aromatic heterocycles. The van der Waals surface area contributed by atoms with Gasteiger partial charge in [0.15, 0.2) is 0 Å². The Morgan fingerprint density at radius 1 is 0.762 bits per heavy atom. The van der Waals surface area contributed by atoms with Gasteiger partial charge in [-0.1, -0.05) is 53.5 Å². The van der Waals surface area contributed by atoms with Crippen molar-refractivity contribution in [3.63, 3.8) is 0 Å². The Morgan fingerprint density at radius 2 is 1.57 bits per heavy atom. The van der Waals surface area contributed by atoms with Crippen LogP contribution < -0.4 is 4.74 Å². The molecule has 0 unspecified atom stereocenters. The summed E-state index contributed by atoms with van der Waals surface area (Å²) in [4.78, 5) is 0. The van der Waals surface area contributed by atoms with Crippen molar-refractivity contribution in [3.05, 3.63) is 82.8 Å². The average Bonchev–Trinajstić information content (AvgIpc) is 2.51. The summed E-state index contributed by atoms with van der Waals surface area (Å²) in [5.74, 6) is 1.55. The smallest absolute Gasteiger partial charge is 0.128 e. The minimum absolute atomic E-state index is 0.525. The van der Waals surface area contributed by atoms with Crippen LogP contribution in [0.4, 0.5) is 0 Å². The number of hydrogen-bond acceptors (Lipinski definition) is 1. The molecule has 3 aromatic carbocycles. The molecule has 0 heterocycles. The van der Waals surface area contributed by atoms with Crippen LogP contribution in [0.3, 0.4) is 0 Å². The molecule has 0 bridgehead atoms. The second-order valence-corrected chi connectivity index (χ2v) is 5.30. The van der Waals surface area contributed by atoms with Crippen LogP contribution in [0.1, 0.15) is 0 Å². The van der Waals surface area contributed by atoms with Crippen molar-refractivity contribution in [2.24, 2.45) is 0 Å². The van der Waals surface area contributed by atoms with Crippen LogP contribution >= 0.6 is 23.2 Å². The molecule has 0 aliphatic rings. The first kappa shape index (κ1) is 14.0. The third kappa shape index (κ3) is 3.38. The van der Waals surface area contributed by atoms with Crippen LogP contribution in [-0.2, 0) is 0 Å². The zero-order chi connectivity index (χ0) is 14.7. The number of ether oxygens (including phenoxy) is 1. The molecule has 0 aliphatic heterocycles. The van der Waals surface area contributed by atoms with Crippen molar-refractivity contribution in [2.45, 2.75) is 0 Å². The Morgan fingerprint density at radius 3 is 2.33 bits per heavy atom. The van der Waals surface area contributed by atoms with Crippen LogP contribution in [-0.4, -0.2) is 0 Å². The number of hydrogen-bond donors (Lipinski definition) is 0. The van der Waals surface area contributed by atoms with Gasteiger partial charge in [0.25, 0.3) is 0 Å². The van der Waals surface area contributed by atoms with Crippen molar-refractivity contribution in [2.75, 3.05) is 0 Å². The second-order valence-electron chi connectivity index (χ2n) is 4.48. The predicted octanol–water partition coefficient (Wildman–Crippen LogP) is 6.25. The molecule has 0 atom stereocenters. The topological polar surface area (TPSA) is 9.23 Å². The van der Waals surface area contributed by atoms with Crippen LogP contribution in [0.25, 0.3) is 11.1 Å². The van der Waals surface area contributed by atoms with Crippen molar-refractivity contribution < 1.29 is 4.74 Å². The largest absolute Gasteiger partial charge is 0.457 e. The molecule has 3 aromatic rings. The molecule has 0 saturated heterocycles. The van der Waals surface area contributed by atoms with Gasteiger partial charge in [-0.15, -0.1) is 0 Å². The maximum atomic E-state index is 6.06. The van der Waals surface area contributed by atoms with Gasteiger partial charge >= 0.3 is 0 Å². The molecule has 21 heavy (non-hydrogen) atoms. The lowest BCUT2D eigenvalue weighted by molar-refractivity contribution is 0.483. The molecule has 3 heteroatoms. The fourth-order valence-electron chi connectivity index (χ4n) is 1.96. The molecule has 3 rings (SSSR count). The summed E-state index contributed by atoms with van der Waals surface area (Å²) in [5, 5.41) is 1.06. The highest BCUT2D eigenvalue weighted by molar-refractivity contribution is 6.42. The predicted molar refractivity (Wildman–Crippen MR) is 87.3 cm³/mol. The van der Waals surface area contributed by atoms with Gasteiger partial charge in [0.2, 0.25) is 0 Å². The average molecular weight is 314 g/mol. The normalized spacial score (nSPS) is 10.4. The maximum Gasteiger partial charge on any atom is 0.128 e. The van der Waals surface area contributed by atoms with Gasteiger partial charge in [0, 0.05) is 0 Å². The second kappa shape index (κ2) is 6.21. The third-order valence-corrected chi connectivity index (χ3v) is 3.72. The van der Waals surface area contributed by atoms with E-state index in [0.29, 0.717) is 10.0 Å². The summed E-state index contributed by atoms with van der Waals surface area (Å²) in [6, 6.07) is 23.9. The van der Waals surface area contributed by atoms with Gasteiger partial charge in [-0.05, 0) is 53.6 Å². The number of benzene rings is 3. The Kier molecular flexibility index (Phi) is 4.14. The van der Waals surface area contributed by atoms with E-state index in [1.807, 2.05) is 60.7 Å². The first-order chi connectivity index (χ1) is 10.2. The van der Waals surface area contributed by atoms with Gasteiger partial charge < -0.3 is 4.74 Å². The molecule has 103 valence electrons. The first-order valence-electron chi connectivity index (χ1n) is 6.42. The van der Waals surface area contributed by atoms with Gasteiger partial charge in [-0.25, -0.2) is 0 Å². The van der Waals surface area contributed by atoms with E-state index in [9.17, 15) is 0 Å². The van der Waals surface area contributed by atoms with Gasteiger partial charge in [-0.3, -0.25) is 0 Å². The number of para-hydroxylation sites is 1. The molecular formula is C18H11Cl2O. The summed E-state index contributed by atoms with van der Waals surface area (Å²) in [7, 11) is 0. The van der Waals surface area contributed by atoms with Crippen molar-refractivity contribution in [3.8, 4) is 22.6 Å². The standard InChI is InChI=1S/C18H11Cl2O/c19-17-10-9-14(12-18(17)20)13-5-4-8-16(11-13)21-15-6-2-1-3-7-15/h1-4,6-12H. The van der Waals surface area contributed by atoms with Crippen molar-refractivity contribution in [1.29, 1.82) is 0 Å². The fourth-order valence-corrected chi connectivity index (χ4v) is 2.26. The molecule has 1 radical (unpaired) electrons. The Bertz CT molecular complexity index is 754. The summed E-state index contributed by atoms with van der Waals surface area (Å²) in [6.45, 7) is 0. The van der Waals surface area contributed by atoms with E-state index < -0.39 is 0 Å². The number of halogens is 2. The summed E-state index contributed by atoms with van der Waals surface area (Å²) in [5.41, 5.74) is 1.85. The molecule has 0 aliphatic carbocycles. The van der Waals surface area contributed by atoms with Crippen LogP contribution in [0.5, 0.6) is 11.5 Å². The molecule has 0 spiro atoms. The minimum atomic E-state index is 0.525. The highest BCUT2D eigenvalue weighted by Crippen LogP contribution is 2.31. The monoisotopic (exact) mass is 313 g/mol. The van der Waals surface area contributed by atoms with Crippen LogP contribution in [0.2, 0.25) is 10.0 Å². The molecular weight excluding hydrogens is 303 g/mol. The SMILES string of the molecule is Clc1ccc(-c2[c]ccc(Oc3ccccc3)c2)cc1Cl. The lowest BCUT2D eigenvalue weighted by atomic mass is 10.1. The van der Waals surface area contributed by atoms with E-state index in [-0.39, 0.29) is 0 Å². The highest BCUT2D eigenvalue weighted by atomic mass is 35.5. The molecule has 0 saturated carbocycles. The van der Waals surface area contributed by atoms with Crippen LogP contribution in [0.15, 0.2) is 66.7 Å². The van der Waals surface area contributed by atoms with Crippen molar-refractivity contribution in [1.82, 2.24) is 0 Å². The van der Waals surface area contributed by atoms with E-state index in [1.165, 1.54) is 0 Å². The van der Waals surface area contributed by atoms with Gasteiger partial charge in [0.05, 0.1) is 10.0 Å². The zero-order valence-electron chi connectivity index (χ0n) is 11.0. The molecule has 0 amide bonds. The quantitative estimate of drug-likeness (QED) is 0.555. The van der Waals surface area contributed by atoms with E-state index >= 15 is 0 Å². The van der Waals surface area contributed by atoms with E-state index in [2.05, 4.69) is 6.07 Å². The van der Waals surface area contributed by atoms with E-state index in [0.717, 1.165) is 22.6 Å². The minimum Gasteiger partial charge on any atom is -0.457 e. The Balaban J connectivity index is 1.91. The molecule has 0 fully saturated rings. The maximum absolute atomic E-state index is 6.06. The first-order valence-corrected chi connectivity index (χ1v) is 7.18. The summed E-state index contributed by atoms with van der Waals surface area (Å²) in [6.07, 6.45) is 0.